The van der Waals surface area contributed by atoms with Crippen LogP contribution in [0, 0.1) is 5.82 Å². The summed E-state index contributed by atoms with van der Waals surface area (Å²) in [7, 11) is 4.92. The van der Waals surface area contributed by atoms with E-state index in [1.54, 1.807) is 33.4 Å². The van der Waals surface area contributed by atoms with Crippen molar-refractivity contribution in [3.8, 4) is 0 Å². The maximum Gasteiger partial charge on any atom is 0.191 e. The van der Waals surface area contributed by atoms with Crippen molar-refractivity contribution in [3.63, 3.8) is 0 Å². The van der Waals surface area contributed by atoms with Crippen molar-refractivity contribution < 1.29 is 18.6 Å². The van der Waals surface area contributed by atoms with Gasteiger partial charge in [-0.1, -0.05) is 6.07 Å². The summed E-state index contributed by atoms with van der Waals surface area (Å²) in [5.41, 5.74) is 1.52. The van der Waals surface area contributed by atoms with Crippen LogP contribution >= 0.6 is 0 Å². The SMILES string of the molecule is CN=C(NCCCOCCOC)NCc1ccc(F)c(COC)c1. The Kier molecular flexibility index (Phi) is 10.8. The number of rotatable bonds is 11. The normalized spacial score (nSPS) is 11.6. The first-order valence-corrected chi connectivity index (χ1v) is 7.98. The number of benzene rings is 1. The summed E-state index contributed by atoms with van der Waals surface area (Å²) in [5, 5.41) is 6.41. The number of aliphatic imine (C=N–C) groups is 1. The fourth-order valence-corrected chi connectivity index (χ4v) is 2.04. The van der Waals surface area contributed by atoms with Crippen molar-refractivity contribution in [3.05, 3.63) is 35.1 Å². The van der Waals surface area contributed by atoms with Crippen molar-refractivity contribution in [2.75, 3.05) is 47.6 Å². The Balaban J connectivity index is 2.30. The zero-order valence-corrected chi connectivity index (χ0v) is 14.7. The second-order valence-corrected chi connectivity index (χ2v) is 5.17. The Morgan fingerprint density at radius 2 is 1.96 bits per heavy atom. The summed E-state index contributed by atoms with van der Waals surface area (Å²) in [6.07, 6.45) is 0.874. The van der Waals surface area contributed by atoms with E-state index >= 15 is 0 Å². The van der Waals surface area contributed by atoms with E-state index < -0.39 is 0 Å². The van der Waals surface area contributed by atoms with Gasteiger partial charge in [0.25, 0.3) is 0 Å². The lowest BCUT2D eigenvalue weighted by molar-refractivity contribution is 0.0698. The second kappa shape index (κ2) is 12.7. The van der Waals surface area contributed by atoms with Crippen LogP contribution in [0.5, 0.6) is 0 Å². The third-order valence-electron chi connectivity index (χ3n) is 3.28. The molecule has 6 nitrogen and oxygen atoms in total. The molecule has 0 radical (unpaired) electrons. The topological polar surface area (TPSA) is 64.1 Å². The number of nitrogens with one attached hydrogen (secondary N) is 2. The minimum Gasteiger partial charge on any atom is -0.382 e. The van der Waals surface area contributed by atoms with Gasteiger partial charge in [-0.25, -0.2) is 4.39 Å². The Morgan fingerprint density at radius 3 is 2.67 bits per heavy atom. The van der Waals surface area contributed by atoms with Gasteiger partial charge in [-0.15, -0.1) is 0 Å². The zero-order valence-electron chi connectivity index (χ0n) is 14.7. The molecular formula is C17H28FN3O3. The van der Waals surface area contributed by atoms with Gasteiger partial charge in [0.1, 0.15) is 5.82 Å². The van der Waals surface area contributed by atoms with Crippen molar-refractivity contribution in [1.29, 1.82) is 0 Å². The molecule has 24 heavy (non-hydrogen) atoms. The third kappa shape index (κ3) is 8.24. The summed E-state index contributed by atoms with van der Waals surface area (Å²) in [4.78, 5) is 4.16. The first kappa shape index (κ1) is 20.3. The Hall–Kier alpha value is -1.70. The van der Waals surface area contributed by atoms with Crippen LogP contribution in [0.25, 0.3) is 0 Å². The molecule has 0 bridgehead atoms. The number of hydrogen-bond acceptors (Lipinski definition) is 4. The predicted octanol–water partition coefficient (Wildman–Crippen LogP) is 1.69. The zero-order chi connectivity index (χ0) is 17.6. The van der Waals surface area contributed by atoms with E-state index in [0.717, 1.165) is 18.5 Å². The molecule has 0 heterocycles. The predicted molar refractivity (Wildman–Crippen MR) is 92.6 cm³/mol. The number of hydrogen-bond donors (Lipinski definition) is 2. The Bertz CT molecular complexity index is 498. The van der Waals surface area contributed by atoms with Crippen LogP contribution in [-0.4, -0.2) is 53.6 Å². The molecule has 0 aliphatic carbocycles. The summed E-state index contributed by atoms with van der Waals surface area (Å²) in [6, 6.07) is 5.00. The Morgan fingerprint density at radius 1 is 1.12 bits per heavy atom. The largest absolute Gasteiger partial charge is 0.382 e. The minimum absolute atomic E-state index is 0.253. The molecule has 0 atom stereocenters. The van der Waals surface area contributed by atoms with E-state index in [-0.39, 0.29) is 12.4 Å². The highest BCUT2D eigenvalue weighted by Crippen LogP contribution is 2.11. The van der Waals surface area contributed by atoms with Crippen molar-refractivity contribution in [2.24, 2.45) is 4.99 Å². The average Bonchev–Trinajstić information content (AvgIpc) is 2.59. The van der Waals surface area contributed by atoms with Crippen LogP contribution in [0.1, 0.15) is 17.5 Å². The smallest absolute Gasteiger partial charge is 0.191 e. The van der Waals surface area contributed by atoms with Gasteiger partial charge in [0.2, 0.25) is 0 Å². The van der Waals surface area contributed by atoms with E-state index in [1.807, 2.05) is 0 Å². The molecule has 7 heteroatoms. The van der Waals surface area contributed by atoms with Gasteiger partial charge in [0, 0.05) is 46.5 Å². The molecule has 1 aromatic carbocycles. The molecule has 2 N–H and O–H groups in total. The average molecular weight is 341 g/mol. The molecular weight excluding hydrogens is 313 g/mol. The van der Waals surface area contributed by atoms with Crippen LogP contribution in [-0.2, 0) is 27.4 Å². The third-order valence-corrected chi connectivity index (χ3v) is 3.28. The van der Waals surface area contributed by atoms with Crippen LogP contribution in [0.15, 0.2) is 23.2 Å². The number of ether oxygens (including phenoxy) is 3. The van der Waals surface area contributed by atoms with Gasteiger partial charge in [-0.05, 0) is 24.1 Å². The van der Waals surface area contributed by atoms with Crippen LogP contribution < -0.4 is 10.6 Å². The lowest BCUT2D eigenvalue weighted by atomic mass is 10.1. The fourth-order valence-electron chi connectivity index (χ4n) is 2.04. The highest BCUT2D eigenvalue weighted by atomic mass is 19.1. The molecule has 0 aliphatic heterocycles. The van der Waals surface area contributed by atoms with Gasteiger partial charge in [0.15, 0.2) is 5.96 Å². The van der Waals surface area contributed by atoms with Crippen molar-refractivity contribution >= 4 is 5.96 Å². The van der Waals surface area contributed by atoms with Crippen LogP contribution in [0.4, 0.5) is 4.39 Å². The van der Waals surface area contributed by atoms with Gasteiger partial charge in [-0.3, -0.25) is 4.99 Å². The molecule has 1 rings (SSSR count). The monoisotopic (exact) mass is 341 g/mol. The second-order valence-electron chi connectivity index (χ2n) is 5.17. The highest BCUT2D eigenvalue weighted by molar-refractivity contribution is 5.79. The summed E-state index contributed by atoms with van der Waals surface area (Å²) in [5.74, 6) is 0.445. The maximum absolute atomic E-state index is 13.6. The van der Waals surface area contributed by atoms with Crippen molar-refractivity contribution in [1.82, 2.24) is 10.6 Å². The summed E-state index contributed by atoms with van der Waals surface area (Å²) < 4.78 is 28.9. The minimum atomic E-state index is -0.253. The van der Waals surface area contributed by atoms with E-state index in [2.05, 4.69) is 15.6 Å². The molecule has 0 spiro atoms. The van der Waals surface area contributed by atoms with Gasteiger partial charge >= 0.3 is 0 Å². The molecule has 1 aromatic rings. The molecule has 0 aromatic heterocycles. The Labute approximate surface area is 143 Å². The lowest BCUT2D eigenvalue weighted by Crippen LogP contribution is -2.37. The molecule has 0 fully saturated rings. The highest BCUT2D eigenvalue weighted by Gasteiger charge is 2.04. The molecule has 0 aliphatic rings. The van der Waals surface area contributed by atoms with Crippen molar-refractivity contribution in [2.45, 2.75) is 19.6 Å². The molecule has 136 valence electrons. The standard InChI is InChI=1S/C17H28FN3O3/c1-19-17(20-7-4-8-24-10-9-22-2)21-12-14-5-6-16(18)15(11-14)13-23-3/h5-6,11H,4,7-10,12-13H2,1-3H3,(H2,19,20,21). The first-order valence-electron chi connectivity index (χ1n) is 7.98. The molecule has 0 saturated carbocycles. The number of guanidine groups is 1. The number of nitrogens with zero attached hydrogens (tertiary/aromatic N) is 1. The fraction of sp³-hybridized carbons (Fsp3) is 0.588. The first-order chi connectivity index (χ1) is 11.7. The number of halogens is 1. The number of methoxy groups -OCH3 is 2. The summed E-state index contributed by atoms with van der Waals surface area (Å²) >= 11 is 0. The van der Waals surface area contributed by atoms with E-state index in [9.17, 15) is 4.39 Å². The quantitative estimate of drug-likeness (QED) is 0.364. The van der Waals surface area contributed by atoms with E-state index in [4.69, 9.17) is 14.2 Å². The van der Waals surface area contributed by atoms with Gasteiger partial charge < -0.3 is 24.8 Å². The maximum atomic E-state index is 13.6. The van der Waals surface area contributed by atoms with E-state index in [1.165, 1.54) is 6.07 Å². The van der Waals surface area contributed by atoms with Crippen LogP contribution in [0.3, 0.4) is 0 Å². The van der Waals surface area contributed by atoms with Crippen LogP contribution in [0.2, 0.25) is 0 Å². The molecule has 0 amide bonds. The van der Waals surface area contributed by atoms with Gasteiger partial charge in [-0.2, -0.15) is 0 Å². The summed E-state index contributed by atoms with van der Waals surface area (Å²) in [6.45, 7) is 3.46. The lowest BCUT2D eigenvalue weighted by Gasteiger charge is -2.13. The molecule has 0 saturated heterocycles. The van der Waals surface area contributed by atoms with Gasteiger partial charge in [0.05, 0.1) is 19.8 Å². The molecule has 0 unspecified atom stereocenters. The van der Waals surface area contributed by atoms with E-state index in [0.29, 0.717) is 37.9 Å².